The molecule has 20 heavy (non-hydrogen) atoms. The molecule has 0 saturated heterocycles. The molecule has 0 radical (unpaired) electrons. The minimum absolute atomic E-state index is 0.383. The lowest BCUT2D eigenvalue weighted by atomic mass is 9.48. The van der Waals surface area contributed by atoms with E-state index in [9.17, 15) is 0 Å². The Bertz CT molecular complexity index is 505. The molecule has 0 aliphatic heterocycles. The van der Waals surface area contributed by atoms with Crippen molar-refractivity contribution in [1.82, 2.24) is 0 Å². The number of benzene rings is 1. The van der Waals surface area contributed by atoms with Crippen LogP contribution >= 0.6 is 39.1 Å². The smallest absolute Gasteiger partial charge is 0.0466 e. The Kier molecular flexibility index (Phi) is 3.40. The highest BCUT2D eigenvalue weighted by atomic mass is 79.9. The molecule has 4 bridgehead atoms. The SMILES string of the molecule is Clc1ccc(C(Br)C23CC4CC(CC(C4)C2)C3)c(Cl)c1. The third-order valence-corrected chi connectivity index (χ3v) is 7.89. The molecule has 0 amide bonds. The number of hydrogen-bond donors (Lipinski definition) is 0. The van der Waals surface area contributed by atoms with Gasteiger partial charge in [-0.2, -0.15) is 0 Å². The minimum atomic E-state index is 0.383. The highest BCUT2D eigenvalue weighted by Gasteiger charge is 2.54. The zero-order valence-electron chi connectivity index (χ0n) is 11.4. The van der Waals surface area contributed by atoms with Crippen molar-refractivity contribution in [2.45, 2.75) is 43.4 Å². The molecule has 5 rings (SSSR count). The van der Waals surface area contributed by atoms with E-state index in [0.717, 1.165) is 27.8 Å². The first-order valence-electron chi connectivity index (χ1n) is 7.65. The van der Waals surface area contributed by atoms with Gasteiger partial charge in [-0.3, -0.25) is 0 Å². The number of rotatable bonds is 2. The van der Waals surface area contributed by atoms with E-state index in [1.54, 1.807) is 0 Å². The predicted octanol–water partition coefficient (Wildman–Crippen LogP) is 6.65. The first kappa shape index (κ1) is 13.9. The molecule has 0 nitrogen and oxygen atoms in total. The van der Waals surface area contributed by atoms with Gasteiger partial charge >= 0.3 is 0 Å². The molecule has 0 aromatic heterocycles. The maximum absolute atomic E-state index is 6.45. The molecule has 108 valence electrons. The topological polar surface area (TPSA) is 0 Å². The molecule has 1 unspecified atom stereocenters. The Hall–Kier alpha value is 0.280. The Morgan fingerprint density at radius 1 is 1.00 bits per heavy atom. The molecule has 0 spiro atoms. The second kappa shape index (κ2) is 4.89. The third kappa shape index (κ3) is 2.16. The third-order valence-electron chi connectivity index (χ3n) is 5.86. The summed E-state index contributed by atoms with van der Waals surface area (Å²) in [7, 11) is 0. The summed E-state index contributed by atoms with van der Waals surface area (Å²) in [5.74, 6) is 2.90. The average molecular weight is 374 g/mol. The Morgan fingerprint density at radius 2 is 1.55 bits per heavy atom. The van der Waals surface area contributed by atoms with Gasteiger partial charge in [0, 0.05) is 14.9 Å². The molecule has 4 aliphatic rings. The van der Waals surface area contributed by atoms with Crippen molar-refractivity contribution in [1.29, 1.82) is 0 Å². The number of alkyl halides is 1. The zero-order valence-corrected chi connectivity index (χ0v) is 14.5. The molecule has 3 heteroatoms. The summed E-state index contributed by atoms with van der Waals surface area (Å²) >= 11 is 16.5. The van der Waals surface area contributed by atoms with E-state index in [2.05, 4.69) is 22.0 Å². The fraction of sp³-hybridized carbons (Fsp3) is 0.647. The zero-order chi connectivity index (χ0) is 13.9. The summed E-state index contributed by atoms with van der Waals surface area (Å²) in [5.41, 5.74) is 1.67. The molecule has 4 saturated carbocycles. The van der Waals surface area contributed by atoms with Crippen LogP contribution in [-0.2, 0) is 0 Å². The van der Waals surface area contributed by atoms with Crippen molar-refractivity contribution < 1.29 is 0 Å². The maximum Gasteiger partial charge on any atom is 0.0466 e. The fourth-order valence-electron chi connectivity index (χ4n) is 5.52. The highest BCUT2D eigenvalue weighted by Crippen LogP contribution is 2.66. The van der Waals surface area contributed by atoms with Crippen LogP contribution in [0, 0.1) is 23.2 Å². The van der Waals surface area contributed by atoms with Crippen LogP contribution in [0.15, 0.2) is 18.2 Å². The van der Waals surface area contributed by atoms with E-state index < -0.39 is 0 Å². The monoisotopic (exact) mass is 372 g/mol. The normalized spacial score (nSPS) is 40.0. The van der Waals surface area contributed by atoms with Gasteiger partial charge in [-0.15, -0.1) is 0 Å². The molecule has 0 heterocycles. The van der Waals surface area contributed by atoms with Crippen LogP contribution in [0.3, 0.4) is 0 Å². The second-order valence-corrected chi connectivity index (χ2v) is 9.07. The quantitative estimate of drug-likeness (QED) is 0.509. The van der Waals surface area contributed by atoms with Crippen LogP contribution < -0.4 is 0 Å². The lowest BCUT2D eigenvalue weighted by molar-refractivity contribution is -0.0528. The van der Waals surface area contributed by atoms with E-state index in [1.807, 2.05) is 12.1 Å². The van der Waals surface area contributed by atoms with Gasteiger partial charge in [0.25, 0.3) is 0 Å². The lowest BCUT2D eigenvalue weighted by Crippen LogP contribution is -2.47. The Labute approximate surface area is 139 Å². The molecular formula is C17H19BrCl2. The van der Waals surface area contributed by atoms with Crippen LogP contribution in [-0.4, -0.2) is 0 Å². The van der Waals surface area contributed by atoms with Crippen molar-refractivity contribution in [2.75, 3.05) is 0 Å². The molecule has 4 fully saturated rings. The summed E-state index contributed by atoms with van der Waals surface area (Å²) in [6.45, 7) is 0. The van der Waals surface area contributed by atoms with Gasteiger partial charge in [0.2, 0.25) is 0 Å². The predicted molar refractivity (Wildman–Crippen MR) is 88.7 cm³/mol. The fourth-order valence-corrected chi connectivity index (χ4v) is 7.13. The van der Waals surface area contributed by atoms with Crippen LogP contribution in [0.1, 0.15) is 48.9 Å². The average Bonchev–Trinajstić information content (AvgIpc) is 2.36. The van der Waals surface area contributed by atoms with E-state index in [4.69, 9.17) is 23.2 Å². The van der Waals surface area contributed by atoms with Gasteiger partial charge in [-0.25, -0.2) is 0 Å². The second-order valence-electron chi connectivity index (χ2n) is 7.31. The molecule has 1 atom stereocenters. The Balaban J connectivity index is 1.69. The van der Waals surface area contributed by atoms with Crippen LogP contribution in [0.25, 0.3) is 0 Å². The van der Waals surface area contributed by atoms with Crippen molar-refractivity contribution in [3.8, 4) is 0 Å². The largest absolute Gasteiger partial charge is 0.0843 e. The summed E-state index contributed by atoms with van der Waals surface area (Å²) in [6.07, 6.45) is 8.59. The summed E-state index contributed by atoms with van der Waals surface area (Å²) in [4.78, 5) is 0.383. The van der Waals surface area contributed by atoms with Gasteiger partial charge in [0.1, 0.15) is 0 Å². The van der Waals surface area contributed by atoms with Crippen molar-refractivity contribution in [3.63, 3.8) is 0 Å². The molecular weight excluding hydrogens is 355 g/mol. The molecule has 0 N–H and O–H groups in total. The van der Waals surface area contributed by atoms with Crippen molar-refractivity contribution in [3.05, 3.63) is 33.8 Å². The van der Waals surface area contributed by atoms with E-state index in [0.29, 0.717) is 10.2 Å². The molecule has 1 aromatic rings. The van der Waals surface area contributed by atoms with Gasteiger partial charge in [-0.05, 0) is 79.4 Å². The van der Waals surface area contributed by atoms with Gasteiger partial charge in [0.15, 0.2) is 0 Å². The minimum Gasteiger partial charge on any atom is -0.0843 e. The van der Waals surface area contributed by atoms with Gasteiger partial charge in [0.05, 0.1) is 0 Å². The highest BCUT2D eigenvalue weighted by molar-refractivity contribution is 9.09. The number of hydrogen-bond acceptors (Lipinski definition) is 0. The first-order valence-corrected chi connectivity index (χ1v) is 9.32. The molecule has 4 aliphatic carbocycles. The maximum atomic E-state index is 6.45. The standard InChI is InChI=1S/C17H19BrCl2/c18-16(14-2-1-13(19)6-15(14)20)17-7-10-3-11(8-17)5-12(4-10)9-17/h1-2,6,10-12,16H,3-5,7-9H2. The number of halogens is 3. The van der Waals surface area contributed by atoms with E-state index in [1.165, 1.54) is 44.1 Å². The van der Waals surface area contributed by atoms with E-state index >= 15 is 0 Å². The summed E-state index contributed by atoms with van der Waals surface area (Å²) < 4.78 is 0. The Morgan fingerprint density at radius 3 is 2.05 bits per heavy atom. The summed E-state index contributed by atoms with van der Waals surface area (Å²) in [5, 5.41) is 1.54. The van der Waals surface area contributed by atoms with Crippen LogP contribution in [0.4, 0.5) is 0 Å². The molecule has 1 aromatic carbocycles. The van der Waals surface area contributed by atoms with Gasteiger partial charge in [-0.1, -0.05) is 45.2 Å². The van der Waals surface area contributed by atoms with Crippen LogP contribution in [0.2, 0.25) is 10.0 Å². The summed E-state index contributed by atoms with van der Waals surface area (Å²) in [6, 6.07) is 5.97. The van der Waals surface area contributed by atoms with Crippen molar-refractivity contribution in [2.24, 2.45) is 23.2 Å². The first-order chi connectivity index (χ1) is 9.56. The lowest BCUT2D eigenvalue weighted by Gasteiger charge is -2.58. The van der Waals surface area contributed by atoms with Crippen molar-refractivity contribution >= 4 is 39.1 Å². The van der Waals surface area contributed by atoms with E-state index in [-0.39, 0.29) is 0 Å². The van der Waals surface area contributed by atoms with Crippen LogP contribution in [0.5, 0.6) is 0 Å². The van der Waals surface area contributed by atoms with Gasteiger partial charge < -0.3 is 0 Å².